The molecule has 2 fully saturated rings. The number of hydrogen-bond donors (Lipinski definition) is 1. The van der Waals surface area contributed by atoms with Gasteiger partial charge in [0.25, 0.3) is 0 Å². The maximum Gasteiger partial charge on any atom is 0.146 e. The summed E-state index contributed by atoms with van der Waals surface area (Å²) < 4.78 is 1.97. The number of rotatable bonds is 3. The lowest BCUT2D eigenvalue weighted by atomic mass is 9.65. The van der Waals surface area contributed by atoms with Crippen LogP contribution in [0.2, 0.25) is 0 Å². The Morgan fingerprint density at radius 3 is 2.79 bits per heavy atom. The molecule has 1 saturated carbocycles. The van der Waals surface area contributed by atoms with Crippen molar-refractivity contribution in [3.05, 3.63) is 12.2 Å². The van der Waals surface area contributed by atoms with Crippen LogP contribution in [0.3, 0.4) is 0 Å². The first-order valence-corrected chi connectivity index (χ1v) is 7.37. The molecule has 2 aliphatic rings. The van der Waals surface area contributed by atoms with Gasteiger partial charge >= 0.3 is 0 Å². The summed E-state index contributed by atoms with van der Waals surface area (Å²) in [4.78, 5) is 2.39. The molecular weight excluding hydrogens is 240 g/mol. The minimum atomic E-state index is -0.422. The van der Waals surface area contributed by atoms with Crippen LogP contribution >= 0.6 is 0 Å². The number of likely N-dealkylation sites (tertiary alicyclic amines) is 1. The van der Waals surface area contributed by atoms with Gasteiger partial charge < -0.3 is 9.67 Å². The molecule has 1 aliphatic carbocycles. The second kappa shape index (κ2) is 4.87. The van der Waals surface area contributed by atoms with Crippen molar-refractivity contribution in [3.63, 3.8) is 0 Å². The van der Waals surface area contributed by atoms with Crippen LogP contribution in [0.1, 0.15) is 38.4 Å². The maximum atomic E-state index is 10.9. The van der Waals surface area contributed by atoms with Crippen LogP contribution in [0.4, 0.5) is 0 Å². The Labute approximate surface area is 114 Å². The molecular formula is C14H24N4O. The van der Waals surface area contributed by atoms with Gasteiger partial charge in [-0.2, -0.15) is 0 Å². The van der Waals surface area contributed by atoms with E-state index in [1.54, 1.807) is 6.33 Å². The standard InChI is InChI=1S/C14H24N4O/c1-11-8-18(9-13-16-15-10-17(13)2)7-6-14(11,19)12-4-3-5-12/h10-12,19H,3-9H2,1-2H3/t11-,14+/m1/s1. The second-order valence-electron chi connectivity index (χ2n) is 6.36. The van der Waals surface area contributed by atoms with Crippen molar-refractivity contribution in [1.82, 2.24) is 19.7 Å². The Bertz CT molecular complexity index is 442. The Kier molecular flexibility index (Phi) is 3.35. The summed E-state index contributed by atoms with van der Waals surface area (Å²) in [7, 11) is 1.98. The minimum absolute atomic E-state index is 0.347. The third-order valence-corrected chi connectivity index (χ3v) is 5.20. The van der Waals surface area contributed by atoms with Crippen LogP contribution in [0.15, 0.2) is 6.33 Å². The van der Waals surface area contributed by atoms with Gasteiger partial charge in [-0.3, -0.25) is 4.90 Å². The van der Waals surface area contributed by atoms with Gasteiger partial charge in [-0.25, -0.2) is 0 Å². The van der Waals surface area contributed by atoms with Gasteiger partial charge in [-0.05, 0) is 31.1 Å². The molecule has 3 rings (SSSR count). The summed E-state index contributed by atoms with van der Waals surface area (Å²) in [5.74, 6) is 1.89. The highest BCUT2D eigenvalue weighted by atomic mass is 16.3. The van der Waals surface area contributed by atoms with Crippen LogP contribution in [0.5, 0.6) is 0 Å². The summed E-state index contributed by atoms with van der Waals surface area (Å²) in [5.41, 5.74) is -0.422. The molecule has 0 bridgehead atoms. The van der Waals surface area contributed by atoms with E-state index >= 15 is 0 Å². The van der Waals surface area contributed by atoms with Crippen LogP contribution in [0.25, 0.3) is 0 Å². The predicted octanol–water partition coefficient (Wildman–Crippen LogP) is 1.19. The molecule has 1 saturated heterocycles. The van der Waals surface area contributed by atoms with Crippen molar-refractivity contribution in [2.45, 2.75) is 44.8 Å². The average molecular weight is 264 g/mol. The zero-order chi connectivity index (χ0) is 13.5. The normalized spacial score (nSPS) is 33.3. The Hall–Kier alpha value is -0.940. The maximum absolute atomic E-state index is 10.9. The highest BCUT2D eigenvalue weighted by Crippen LogP contribution is 2.44. The van der Waals surface area contributed by atoms with Gasteiger partial charge in [0.1, 0.15) is 12.2 Å². The Morgan fingerprint density at radius 1 is 1.47 bits per heavy atom. The molecule has 5 heteroatoms. The van der Waals surface area contributed by atoms with Crippen LogP contribution in [0, 0.1) is 11.8 Å². The zero-order valence-corrected chi connectivity index (χ0v) is 11.9. The van der Waals surface area contributed by atoms with Crippen molar-refractivity contribution >= 4 is 0 Å². The van der Waals surface area contributed by atoms with Crippen molar-refractivity contribution in [1.29, 1.82) is 0 Å². The topological polar surface area (TPSA) is 54.2 Å². The summed E-state index contributed by atoms with van der Waals surface area (Å²) in [6.07, 6.45) is 6.36. The molecule has 1 N–H and O–H groups in total. The number of aryl methyl sites for hydroxylation is 1. The molecule has 2 atom stereocenters. The zero-order valence-electron chi connectivity index (χ0n) is 11.9. The molecule has 0 aromatic carbocycles. The molecule has 2 heterocycles. The molecule has 0 spiro atoms. The van der Waals surface area contributed by atoms with E-state index < -0.39 is 5.60 Å². The SMILES string of the molecule is C[C@@H]1CN(Cc2nncn2C)CC[C@@]1(O)C1CCC1. The highest BCUT2D eigenvalue weighted by molar-refractivity contribution is 4.99. The Morgan fingerprint density at radius 2 is 2.26 bits per heavy atom. The van der Waals surface area contributed by atoms with Crippen LogP contribution in [-0.2, 0) is 13.6 Å². The van der Waals surface area contributed by atoms with Gasteiger partial charge in [0.15, 0.2) is 0 Å². The van der Waals surface area contributed by atoms with Gasteiger partial charge in [0, 0.05) is 20.1 Å². The van der Waals surface area contributed by atoms with E-state index in [2.05, 4.69) is 22.0 Å². The number of aliphatic hydroxyl groups is 1. The first kappa shape index (κ1) is 13.1. The van der Waals surface area contributed by atoms with E-state index in [9.17, 15) is 5.11 Å². The van der Waals surface area contributed by atoms with Crippen LogP contribution in [-0.4, -0.2) is 43.5 Å². The summed E-state index contributed by atoms with van der Waals surface area (Å²) >= 11 is 0. The van der Waals surface area contributed by atoms with Gasteiger partial charge in [-0.1, -0.05) is 13.3 Å². The molecule has 1 aromatic rings. The van der Waals surface area contributed by atoms with Crippen molar-refractivity contribution in [2.75, 3.05) is 13.1 Å². The molecule has 0 amide bonds. The molecule has 1 aromatic heterocycles. The van der Waals surface area contributed by atoms with Crippen molar-refractivity contribution < 1.29 is 5.11 Å². The minimum Gasteiger partial charge on any atom is -0.389 e. The second-order valence-corrected chi connectivity index (χ2v) is 6.36. The highest BCUT2D eigenvalue weighted by Gasteiger charge is 2.46. The summed E-state index contributed by atoms with van der Waals surface area (Å²) in [6.45, 7) is 4.95. The molecule has 5 nitrogen and oxygen atoms in total. The third-order valence-electron chi connectivity index (χ3n) is 5.20. The molecule has 106 valence electrons. The first-order valence-electron chi connectivity index (χ1n) is 7.37. The number of nitrogens with zero attached hydrogens (tertiary/aromatic N) is 4. The summed E-state index contributed by atoms with van der Waals surface area (Å²) in [6, 6.07) is 0. The van der Waals surface area contributed by atoms with Crippen molar-refractivity contribution in [3.8, 4) is 0 Å². The van der Waals surface area contributed by atoms with E-state index in [1.807, 2.05) is 11.6 Å². The quantitative estimate of drug-likeness (QED) is 0.891. The number of aromatic nitrogens is 3. The largest absolute Gasteiger partial charge is 0.389 e. The van der Waals surface area contributed by atoms with E-state index in [-0.39, 0.29) is 0 Å². The van der Waals surface area contributed by atoms with Crippen molar-refractivity contribution in [2.24, 2.45) is 18.9 Å². The van der Waals surface area contributed by atoms with E-state index in [4.69, 9.17) is 0 Å². The number of piperidine rings is 1. The lowest BCUT2D eigenvalue weighted by Gasteiger charge is -2.50. The van der Waals surface area contributed by atoms with Crippen LogP contribution < -0.4 is 0 Å². The predicted molar refractivity (Wildman–Crippen MR) is 72.4 cm³/mol. The lowest BCUT2D eigenvalue weighted by Crippen LogP contribution is -2.56. The smallest absolute Gasteiger partial charge is 0.146 e. The molecule has 0 radical (unpaired) electrons. The van der Waals surface area contributed by atoms with E-state index in [0.29, 0.717) is 11.8 Å². The fourth-order valence-electron chi connectivity index (χ4n) is 3.53. The summed E-state index contributed by atoms with van der Waals surface area (Å²) in [5, 5.41) is 19.0. The number of hydrogen-bond acceptors (Lipinski definition) is 4. The first-order chi connectivity index (χ1) is 9.09. The van der Waals surface area contributed by atoms with E-state index in [1.165, 1.54) is 19.3 Å². The Balaban J connectivity index is 1.62. The van der Waals surface area contributed by atoms with Gasteiger partial charge in [0.05, 0.1) is 12.1 Å². The van der Waals surface area contributed by atoms with E-state index in [0.717, 1.165) is 31.9 Å². The van der Waals surface area contributed by atoms with Gasteiger partial charge in [0.2, 0.25) is 0 Å². The average Bonchev–Trinajstić information content (AvgIpc) is 2.68. The monoisotopic (exact) mass is 264 g/mol. The van der Waals surface area contributed by atoms with Gasteiger partial charge in [-0.15, -0.1) is 10.2 Å². The molecule has 0 unspecified atom stereocenters. The lowest BCUT2D eigenvalue weighted by molar-refractivity contribution is -0.129. The molecule has 1 aliphatic heterocycles. The fraction of sp³-hybridized carbons (Fsp3) is 0.857. The third kappa shape index (κ3) is 2.30. The molecule has 19 heavy (non-hydrogen) atoms. The fourth-order valence-corrected chi connectivity index (χ4v) is 3.53.